The minimum Gasteiger partial charge on any atom is -0.495 e. The fourth-order valence-electron chi connectivity index (χ4n) is 5.10. The Morgan fingerprint density at radius 1 is 1.00 bits per heavy atom. The van der Waals surface area contributed by atoms with Crippen LogP contribution >= 0.6 is 19.8 Å². The van der Waals surface area contributed by atoms with Gasteiger partial charge in [-0.15, -0.1) is 0 Å². The predicted octanol–water partition coefficient (Wildman–Crippen LogP) is 6.96. The number of nitrogens with zero attached hydrogens (tertiary/aromatic N) is 3. The number of alkyl halides is 2. The van der Waals surface area contributed by atoms with Gasteiger partial charge in [-0.1, -0.05) is 66.2 Å². The number of halogens is 3. The Morgan fingerprint density at radius 2 is 1.65 bits per heavy atom. The van der Waals surface area contributed by atoms with Gasteiger partial charge in [-0.05, 0) is 72.5 Å². The molecule has 258 valence electrons. The summed E-state index contributed by atoms with van der Waals surface area (Å²) in [5.74, 6) is -1.02. The monoisotopic (exact) mass is 731 g/mol. The van der Waals surface area contributed by atoms with Gasteiger partial charge in [0.1, 0.15) is 16.7 Å². The van der Waals surface area contributed by atoms with E-state index in [1.54, 1.807) is 54.6 Å². The summed E-state index contributed by atoms with van der Waals surface area (Å²) in [5.41, 5.74) is 2.07. The van der Waals surface area contributed by atoms with Crippen LogP contribution < -0.4 is 4.74 Å². The molecule has 4 aromatic rings. The third-order valence-electron chi connectivity index (χ3n) is 7.56. The maximum Gasteiger partial charge on any atom is 0.340 e. The highest BCUT2D eigenvalue weighted by Gasteiger charge is 2.48. The Labute approximate surface area is 289 Å². The molecule has 0 heterocycles. The van der Waals surface area contributed by atoms with E-state index in [1.807, 2.05) is 6.07 Å². The predicted molar refractivity (Wildman–Crippen MR) is 181 cm³/mol. The van der Waals surface area contributed by atoms with Crippen molar-refractivity contribution in [2.45, 2.75) is 43.9 Å². The van der Waals surface area contributed by atoms with Gasteiger partial charge in [-0.3, -0.25) is 9.36 Å². The van der Waals surface area contributed by atoms with Crippen LogP contribution in [0.4, 0.5) is 8.78 Å². The van der Waals surface area contributed by atoms with Crippen molar-refractivity contribution in [3.63, 3.8) is 0 Å². The number of sulfonamides is 1. The van der Waals surface area contributed by atoms with Gasteiger partial charge in [-0.2, -0.15) is 23.0 Å². The second-order valence-electron chi connectivity index (χ2n) is 10.7. The molecular formula is C34H33ClF2N3O7PS. The normalized spacial score (nSPS) is 13.1. The van der Waals surface area contributed by atoms with Crippen LogP contribution in [0.3, 0.4) is 0 Å². The van der Waals surface area contributed by atoms with Crippen LogP contribution in [0.1, 0.15) is 36.1 Å². The second-order valence-corrected chi connectivity index (χ2v) is 14.1. The van der Waals surface area contributed by atoms with Gasteiger partial charge in [0.25, 0.3) is 8.18 Å². The highest BCUT2D eigenvalue weighted by atomic mass is 35.5. The van der Waals surface area contributed by atoms with Crippen molar-refractivity contribution >= 4 is 35.8 Å². The number of rotatable bonds is 14. The molecule has 0 saturated carbocycles. The van der Waals surface area contributed by atoms with Crippen molar-refractivity contribution in [3.8, 4) is 22.9 Å². The number of esters is 1. The van der Waals surface area contributed by atoms with Gasteiger partial charge < -0.3 is 14.4 Å². The van der Waals surface area contributed by atoms with Crippen molar-refractivity contribution in [3.05, 3.63) is 118 Å². The summed E-state index contributed by atoms with van der Waals surface area (Å²) in [7, 11) is -7.06. The fraction of sp³-hybridized carbons (Fsp3) is 0.235. The molecule has 10 nitrogen and oxygen atoms in total. The molecule has 49 heavy (non-hydrogen) atoms. The average Bonchev–Trinajstić information content (AvgIpc) is 3.08. The van der Waals surface area contributed by atoms with E-state index in [0.717, 1.165) is 34.5 Å². The molecule has 0 aromatic heterocycles. The van der Waals surface area contributed by atoms with E-state index in [2.05, 4.69) is 6.07 Å². The van der Waals surface area contributed by atoms with Gasteiger partial charge in [-0.25, -0.2) is 8.42 Å². The standard InChI is InChI=1S/C34H33ClF2N3O7PS/c1-4-47-33(41)23(2)40(48(42)43)34(36,37)29-17-14-26(19-30(29)35)22-39(49(44,45)32-11-6-5-10-31(32)46-3)21-24-12-15-27(16-13-24)28-9-7-8-25(18-28)20-38/h5-19,23,48H,4,21-22H2,1-3H3,(H,42,43). The first-order valence-corrected chi connectivity index (χ1v) is 17.9. The molecule has 2 unspecified atom stereocenters. The van der Waals surface area contributed by atoms with Crippen LogP contribution in [0.2, 0.25) is 5.02 Å². The summed E-state index contributed by atoms with van der Waals surface area (Å²) in [4.78, 5) is 21.9. The van der Waals surface area contributed by atoms with Crippen LogP contribution in [-0.2, 0) is 43.3 Å². The summed E-state index contributed by atoms with van der Waals surface area (Å²) in [6.45, 7) is 1.92. The number of carbonyl (C=O) groups excluding carboxylic acids is 1. The molecule has 0 fully saturated rings. The van der Waals surface area contributed by atoms with Crippen LogP contribution in [0.25, 0.3) is 11.1 Å². The number of methoxy groups -OCH3 is 1. The molecule has 4 rings (SSSR count). The molecule has 0 aliphatic rings. The molecule has 2 atom stereocenters. The lowest BCUT2D eigenvalue weighted by molar-refractivity contribution is -0.165. The molecule has 0 aliphatic carbocycles. The van der Waals surface area contributed by atoms with Crippen LogP contribution in [0.15, 0.2) is 95.9 Å². The zero-order chi connectivity index (χ0) is 35.9. The number of hydrogen-bond donors (Lipinski definition) is 1. The highest BCUT2D eigenvalue weighted by molar-refractivity contribution is 7.89. The van der Waals surface area contributed by atoms with E-state index in [1.165, 1.54) is 32.2 Å². The summed E-state index contributed by atoms with van der Waals surface area (Å²) >= 11 is 6.32. The minimum absolute atomic E-state index is 0.100. The van der Waals surface area contributed by atoms with E-state index >= 15 is 8.78 Å². The fourth-order valence-corrected chi connectivity index (χ4v) is 7.79. The smallest absolute Gasteiger partial charge is 0.340 e. The number of benzene rings is 4. The maximum atomic E-state index is 15.7. The van der Waals surface area contributed by atoms with Crippen LogP contribution in [0.5, 0.6) is 5.75 Å². The lowest BCUT2D eigenvalue weighted by Crippen LogP contribution is -2.45. The number of ether oxygens (including phenoxy) is 2. The Morgan fingerprint density at radius 3 is 2.27 bits per heavy atom. The van der Waals surface area contributed by atoms with Gasteiger partial charge >= 0.3 is 12.0 Å². The molecule has 15 heteroatoms. The van der Waals surface area contributed by atoms with E-state index in [0.29, 0.717) is 11.1 Å². The van der Waals surface area contributed by atoms with Crippen LogP contribution in [0, 0.1) is 11.3 Å². The van der Waals surface area contributed by atoms with E-state index in [4.69, 9.17) is 21.1 Å². The SMILES string of the molecule is CCOC(=O)C(C)N([PH](=O)O)C(F)(F)c1ccc(CN(Cc2ccc(-c3cccc(C#N)c3)cc2)S(=O)(=O)c2ccccc2OC)cc1Cl. The third kappa shape index (κ3) is 8.54. The Bertz CT molecular complexity index is 1990. The number of para-hydroxylation sites is 1. The van der Waals surface area contributed by atoms with Crippen molar-refractivity contribution < 1.29 is 40.9 Å². The maximum absolute atomic E-state index is 15.7. The second kappa shape index (κ2) is 16.0. The highest BCUT2D eigenvalue weighted by Crippen LogP contribution is 2.46. The topological polar surface area (TPSA) is 137 Å². The molecule has 0 amide bonds. The molecule has 0 saturated heterocycles. The molecule has 0 spiro atoms. The number of nitriles is 1. The zero-order valence-corrected chi connectivity index (χ0v) is 29.2. The summed E-state index contributed by atoms with van der Waals surface area (Å²) in [6.07, 6.45) is 0. The lowest BCUT2D eigenvalue weighted by Gasteiger charge is -2.32. The lowest BCUT2D eigenvalue weighted by atomic mass is 10.0. The minimum atomic E-state index is -4.26. The third-order valence-corrected chi connectivity index (χ3v) is 10.8. The molecule has 0 radical (unpaired) electrons. The van der Waals surface area contributed by atoms with Gasteiger partial charge in [0.15, 0.2) is 0 Å². The van der Waals surface area contributed by atoms with Gasteiger partial charge in [0, 0.05) is 13.1 Å². The molecule has 0 aliphatic heterocycles. The van der Waals surface area contributed by atoms with Crippen molar-refractivity contribution in [1.82, 2.24) is 8.98 Å². The molecule has 4 aromatic carbocycles. The van der Waals surface area contributed by atoms with Gasteiger partial charge in [0.2, 0.25) is 10.0 Å². The Balaban J connectivity index is 1.71. The van der Waals surface area contributed by atoms with E-state index in [-0.39, 0.29) is 40.6 Å². The zero-order valence-electron chi connectivity index (χ0n) is 26.6. The Kier molecular flexibility index (Phi) is 12.3. The van der Waals surface area contributed by atoms with Gasteiger partial charge in [0.05, 0.1) is 35.9 Å². The first kappa shape index (κ1) is 37.7. The molecular weight excluding hydrogens is 699 g/mol. The molecule has 0 bridgehead atoms. The van der Waals surface area contributed by atoms with Crippen molar-refractivity contribution in [2.75, 3.05) is 13.7 Å². The summed E-state index contributed by atoms with van der Waals surface area (Å²) in [5, 5.41) is 8.73. The first-order chi connectivity index (χ1) is 23.2. The van der Waals surface area contributed by atoms with Crippen molar-refractivity contribution in [1.29, 1.82) is 5.26 Å². The first-order valence-electron chi connectivity index (χ1n) is 14.8. The quantitative estimate of drug-likeness (QED) is 0.0829. The largest absolute Gasteiger partial charge is 0.495 e. The number of hydrogen-bond acceptors (Lipinski definition) is 7. The Hall–Kier alpha value is -4.15. The van der Waals surface area contributed by atoms with E-state index < -0.39 is 46.8 Å². The average molecular weight is 732 g/mol. The van der Waals surface area contributed by atoms with Crippen LogP contribution in [-0.4, -0.2) is 48.0 Å². The number of carbonyl (C=O) groups is 1. The van der Waals surface area contributed by atoms with Crippen molar-refractivity contribution in [2.24, 2.45) is 0 Å². The summed E-state index contributed by atoms with van der Waals surface area (Å²) < 4.78 is 82.8. The molecule has 1 N–H and O–H groups in total. The van der Waals surface area contributed by atoms with E-state index in [9.17, 15) is 27.9 Å². The summed E-state index contributed by atoms with van der Waals surface area (Å²) in [6, 6.07) is 19.6.